The second kappa shape index (κ2) is 9.06. The smallest absolute Gasteiger partial charge is 0.0718 e. The quantitative estimate of drug-likeness (QED) is 0.727. The van der Waals surface area contributed by atoms with Crippen LogP contribution in [0.25, 0.3) is 0 Å². The SMILES string of the molecule is CCC1CCCCC1Nc1cccc(COCCOC)c1. The first-order chi connectivity index (χ1) is 10.3. The summed E-state index contributed by atoms with van der Waals surface area (Å²) in [6, 6.07) is 9.25. The van der Waals surface area contributed by atoms with Gasteiger partial charge >= 0.3 is 0 Å². The number of ether oxygens (including phenoxy) is 2. The molecule has 2 rings (SSSR count). The van der Waals surface area contributed by atoms with Gasteiger partial charge < -0.3 is 14.8 Å². The molecule has 0 radical (unpaired) electrons. The summed E-state index contributed by atoms with van der Waals surface area (Å²) in [5.74, 6) is 0.820. The van der Waals surface area contributed by atoms with Crippen molar-refractivity contribution < 1.29 is 9.47 Å². The van der Waals surface area contributed by atoms with Gasteiger partial charge in [0.25, 0.3) is 0 Å². The van der Waals surface area contributed by atoms with E-state index in [1.54, 1.807) is 7.11 Å². The number of rotatable bonds is 8. The summed E-state index contributed by atoms with van der Waals surface area (Å²) in [5.41, 5.74) is 2.45. The number of hydrogen-bond donors (Lipinski definition) is 1. The molecule has 21 heavy (non-hydrogen) atoms. The van der Waals surface area contributed by atoms with Gasteiger partial charge in [-0.05, 0) is 36.5 Å². The minimum absolute atomic E-state index is 0.633. The van der Waals surface area contributed by atoms with Gasteiger partial charge in [-0.15, -0.1) is 0 Å². The minimum atomic E-state index is 0.633. The lowest BCUT2D eigenvalue weighted by molar-refractivity contribution is 0.0617. The van der Waals surface area contributed by atoms with Gasteiger partial charge in [-0.2, -0.15) is 0 Å². The Morgan fingerprint density at radius 2 is 2.05 bits per heavy atom. The molecule has 1 aromatic rings. The predicted octanol–water partition coefficient (Wildman–Crippen LogP) is 4.23. The minimum Gasteiger partial charge on any atom is -0.382 e. The fraction of sp³-hybridized carbons (Fsp3) is 0.667. The highest BCUT2D eigenvalue weighted by molar-refractivity contribution is 5.46. The molecule has 0 spiro atoms. The highest BCUT2D eigenvalue weighted by atomic mass is 16.5. The van der Waals surface area contributed by atoms with Crippen LogP contribution in [0.3, 0.4) is 0 Å². The molecule has 1 aliphatic carbocycles. The summed E-state index contributed by atoms with van der Waals surface area (Å²) in [7, 11) is 1.70. The first kappa shape index (κ1) is 16.3. The molecule has 2 atom stereocenters. The topological polar surface area (TPSA) is 30.5 Å². The Hall–Kier alpha value is -1.06. The van der Waals surface area contributed by atoms with Gasteiger partial charge in [0.15, 0.2) is 0 Å². The van der Waals surface area contributed by atoms with Crippen LogP contribution in [0.5, 0.6) is 0 Å². The Bertz CT molecular complexity index is 408. The molecule has 0 bridgehead atoms. The maximum atomic E-state index is 5.59. The molecule has 1 fully saturated rings. The predicted molar refractivity (Wildman–Crippen MR) is 87.6 cm³/mol. The van der Waals surface area contributed by atoms with Crippen molar-refractivity contribution in [2.24, 2.45) is 5.92 Å². The van der Waals surface area contributed by atoms with Crippen molar-refractivity contribution in [2.75, 3.05) is 25.6 Å². The molecule has 1 aromatic carbocycles. The van der Waals surface area contributed by atoms with Crippen LogP contribution < -0.4 is 5.32 Å². The van der Waals surface area contributed by atoms with Crippen LogP contribution in [0, 0.1) is 5.92 Å². The number of benzene rings is 1. The van der Waals surface area contributed by atoms with Crippen LogP contribution >= 0.6 is 0 Å². The molecule has 3 heteroatoms. The average molecular weight is 291 g/mol. The largest absolute Gasteiger partial charge is 0.382 e. The average Bonchev–Trinajstić information content (AvgIpc) is 2.52. The third-order valence-electron chi connectivity index (χ3n) is 4.41. The van der Waals surface area contributed by atoms with Gasteiger partial charge in [0.2, 0.25) is 0 Å². The summed E-state index contributed by atoms with van der Waals surface area (Å²) in [6.45, 7) is 4.26. The van der Waals surface area contributed by atoms with Crippen LogP contribution in [0.15, 0.2) is 24.3 Å². The molecule has 2 unspecified atom stereocenters. The van der Waals surface area contributed by atoms with E-state index >= 15 is 0 Å². The summed E-state index contributed by atoms with van der Waals surface area (Å²) < 4.78 is 10.6. The number of methoxy groups -OCH3 is 1. The van der Waals surface area contributed by atoms with Crippen LogP contribution in [-0.2, 0) is 16.1 Å². The van der Waals surface area contributed by atoms with E-state index in [0.717, 1.165) is 5.92 Å². The van der Waals surface area contributed by atoms with Crippen molar-refractivity contribution in [3.63, 3.8) is 0 Å². The lowest BCUT2D eigenvalue weighted by Gasteiger charge is -2.32. The second-order valence-electron chi connectivity index (χ2n) is 5.95. The van der Waals surface area contributed by atoms with Crippen molar-refractivity contribution in [3.8, 4) is 0 Å². The zero-order valence-electron chi connectivity index (χ0n) is 13.4. The lowest BCUT2D eigenvalue weighted by atomic mass is 9.83. The first-order valence-electron chi connectivity index (χ1n) is 8.25. The summed E-state index contributed by atoms with van der Waals surface area (Å²) in [6.07, 6.45) is 6.69. The van der Waals surface area contributed by atoms with E-state index in [4.69, 9.17) is 9.47 Å². The Balaban J connectivity index is 1.87. The summed E-state index contributed by atoms with van der Waals surface area (Å²) in [4.78, 5) is 0. The monoisotopic (exact) mass is 291 g/mol. The van der Waals surface area contributed by atoms with Gasteiger partial charge in [0.1, 0.15) is 0 Å². The molecule has 1 N–H and O–H groups in total. The summed E-state index contributed by atoms with van der Waals surface area (Å²) in [5, 5.41) is 3.74. The van der Waals surface area contributed by atoms with Crippen LogP contribution in [0.2, 0.25) is 0 Å². The second-order valence-corrected chi connectivity index (χ2v) is 5.95. The zero-order valence-corrected chi connectivity index (χ0v) is 13.4. The van der Waals surface area contributed by atoms with E-state index < -0.39 is 0 Å². The molecular weight excluding hydrogens is 262 g/mol. The van der Waals surface area contributed by atoms with Gasteiger partial charge in [0.05, 0.1) is 19.8 Å². The standard InChI is InChI=1S/C18H29NO2/c1-3-16-8-4-5-10-18(16)19-17-9-6-7-15(13-17)14-21-12-11-20-2/h6-7,9,13,16,18-19H,3-5,8,10-12,14H2,1-2H3. The van der Waals surface area contributed by atoms with Gasteiger partial charge in [-0.1, -0.05) is 38.3 Å². The zero-order chi connectivity index (χ0) is 14.9. The highest BCUT2D eigenvalue weighted by Gasteiger charge is 2.23. The molecular formula is C18H29NO2. The third kappa shape index (κ3) is 5.33. The fourth-order valence-electron chi connectivity index (χ4n) is 3.18. The van der Waals surface area contributed by atoms with Crippen LogP contribution in [-0.4, -0.2) is 26.4 Å². The van der Waals surface area contributed by atoms with E-state index in [-0.39, 0.29) is 0 Å². The van der Waals surface area contributed by atoms with Gasteiger partial charge in [0, 0.05) is 18.8 Å². The Morgan fingerprint density at radius 1 is 1.19 bits per heavy atom. The van der Waals surface area contributed by atoms with Crippen LogP contribution in [0.4, 0.5) is 5.69 Å². The van der Waals surface area contributed by atoms with Crippen molar-refractivity contribution in [3.05, 3.63) is 29.8 Å². The van der Waals surface area contributed by atoms with Crippen molar-refractivity contribution >= 4 is 5.69 Å². The van der Waals surface area contributed by atoms with Crippen LogP contribution in [0.1, 0.15) is 44.6 Å². The summed E-state index contributed by atoms with van der Waals surface area (Å²) >= 11 is 0. The molecule has 0 aromatic heterocycles. The van der Waals surface area contributed by atoms with Crippen molar-refractivity contribution in [1.29, 1.82) is 0 Å². The van der Waals surface area contributed by atoms with Gasteiger partial charge in [-0.25, -0.2) is 0 Å². The Morgan fingerprint density at radius 3 is 2.86 bits per heavy atom. The molecule has 0 saturated heterocycles. The molecule has 0 amide bonds. The highest BCUT2D eigenvalue weighted by Crippen LogP contribution is 2.29. The number of nitrogens with one attached hydrogen (secondary N) is 1. The molecule has 1 aliphatic rings. The maximum absolute atomic E-state index is 5.59. The molecule has 3 nitrogen and oxygen atoms in total. The number of anilines is 1. The lowest BCUT2D eigenvalue weighted by Crippen LogP contribution is -2.31. The van der Waals surface area contributed by atoms with E-state index in [1.165, 1.54) is 43.4 Å². The molecule has 0 heterocycles. The normalized spacial score (nSPS) is 22.2. The third-order valence-corrected chi connectivity index (χ3v) is 4.41. The van der Waals surface area contributed by atoms with E-state index in [1.807, 2.05) is 0 Å². The van der Waals surface area contributed by atoms with E-state index in [9.17, 15) is 0 Å². The molecule has 118 valence electrons. The van der Waals surface area contributed by atoms with E-state index in [2.05, 4.69) is 36.5 Å². The molecule has 0 aliphatic heterocycles. The Labute approximate surface area is 129 Å². The molecule has 1 saturated carbocycles. The number of hydrogen-bond acceptors (Lipinski definition) is 3. The maximum Gasteiger partial charge on any atom is 0.0718 e. The first-order valence-corrected chi connectivity index (χ1v) is 8.25. The van der Waals surface area contributed by atoms with Gasteiger partial charge in [-0.3, -0.25) is 0 Å². The fourth-order valence-corrected chi connectivity index (χ4v) is 3.18. The van der Waals surface area contributed by atoms with Crippen molar-refractivity contribution in [2.45, 2.75) is 51.7 Å². The van der Waals surface area contributed by atoms with E-state index in [0.29, 0.717) is 25.9 Å². The Kier molecular flexibility index (Phi) is 7.04. The van der Waals surface area contributed by atoms with Crippen molar-refractivity contribution in [1.82, 2.24) is 0 Å².